The second-order valence-electron chi connectivity index (χ2n) is 7.39. The molecular weight excluding hydrogens is 384 g/mol. The maximum absolute atomic E-state index is 13.0. The van der Waals surface area contributed by atoms with Gasteiger partial charge in [-0.2, -0.15) is 4.31 Å². The van der Waals surface area contributed by atoms with Crippen LogP contribution < -0.4 is 5.32 Å². The van der Waals surface area contributed by atoms with Crippen LogP contribution in [0.3, 0.4) is 0 Å². The minimum absolute atomic E-state index is 0.348. The van der Waals surface area contributed by atoms with E-state index in [0.717, 1.165) is 29.7 Å². The highest BCUT2D eigenvalue weighted by molar-refractivity contribution is 7.89. The summed E-state index contributed by atoms with van der Waals surface area (Å²) < 4.78 is 27.6. The molecule has 29 heavy (non-hydrogen) atoms. The maximum Gasteiger partial charge on any atom is 0.243 e. The third-order valence-electron chi connectivity index (χ3n) is 5.16. The Balaban J connectivity index is 1.59. The average Bonchev–Trinajstić information content (AvgIpc) is 3.26. The van der Waals surface area contributed by atoms with Crippen molar-refractivity contribution < 1.29 is 8.42 Å². The van der Waals surface area contributed by atoms with Crippen LogP contribution in [0, 0.1) is 13.8 Å². The van der Waals surface area contributed by atoms with E-state index in [9.17, 15) is 8.42 Å². The number of rotatable bonds is 5. The van der Waals surface area contributed by atoms with Crippen molar-refractivity contribution in [1.29, 1.82) is 0 Å². The summed E-state index contributed by atoms with van der Waals surface area (Å²) in [6.07, 6.45) is 1.83. The van der Waals surface area contributed by atoms with E-state index in [4.69, 9.17) is 0 Å². The number of sulfonamides is 1. The zero-order valence-electron chi connectivity index (χ0n) is 16.6. The Labute approximate surface area is 171 Å². The van der Waals surface area contributed by atoms with Crippen LogP contribution in [0.25, 0.3) is 11.3 Å². The van der Waals surface area contributed by atoms with Crippen molar-refractivity contribution in [1.82, 2.24) is 14.5 Å². The second-order valence-corrected chi connectivity index (χ2v) is 9.29. The van der Waals surface area contributed by atoms with Gasteiger partial charge in [-0.05, 0) is 62.6 Å². The van der Waals surface area contributed by atoms with Gasteiger partial charge < -0.3 is 5.32 Å². The number of nitrogens with zero attached hydrogens (tertiary/aromatic N) is 3. The highest BCUT2D eigenvalue weighted by Gasteiger charge is 2.28. The third-order valence-corrected chi connectivity index (χ3v) is 7.20. The Morgan fingerprint density at radius 2 is 1.62 bits per heavy atom. The van der Waals surface area contributed by atoms with Crippen LogP contribution in [0.2, 0.25) is 0 Å². The first-order chi connectivity index (χ1) is 13.9. The number of aryl methyl sites for hydroxylation is 2. The first kappa shape index (κ1) is 19.5. The molecule has 0 unspecified atom stereocenters. The number of hydrogen-bond acceptors (Lipinski definition) is 5. The summed E-state index contributed by atoms with van der Waals surface area (Å²) in [6, 6.07) is 17.1. The highest BCUT2D eigenvalue weighted by Crippen LogP contribution is 2.28. The van der Waals surface area contributed by atoms with Gasteiger partial charge >= 0.3 is 0 Å². The first-order valence-corrected chi connectivity index (χ1v) is 11.2. The van der Waals surface area contributed by atoms with Crippen molar-refractivity contribution in [3.63, 3.8) is 0 Å². The smallest absolute Gasteiger partial charge is 0.243 e. The minimum atomic E-state index is -3.48. The lowest BCUT2D eigenvalue weighted by atomic mass is 10.1. The highest BCUT2D eigenvalue weighted by atomic mass is 32.2. The zero-order valence-corrected chi connectivity index (χ0v) is 17.4. The van der Waals surface area contributed by atoms with E-state index in [1.165, 1.54) is 5.56 Å². The molecule has 0 saturated carbocycles. The van der Waals surface area contributed by atoms with Gasteiger partial charge in [-0.1, -0.05) is 29.8 Å². The molecule has 1 aliphatic rings. The fraction of sp³-hybridized carbons (Fsp3) is 0.273. The summed E-state index contributed by atoms with van der Waals surface area (Å²) in [5.41, 5.74) is 4.24. The summed E-state index contributed by atoms with van der Waals surface area (Å²) in [5, 5.41) is 11.8. The molecule has 4 rings (SSSR count). The largest absolute Gasteiger partial charge is 0.339 e. The van der Waals surface area contributed by atoms with Crippen LogP contribution in [-0.2, 0) is 10.0 Å². The van der Waals surface area contributed by atoms with Gasteiger partial charge in [0.25, 0.3) is 0 Å². The van der Waals surface area contributed by atoms with Crippen molar-refractivity contribution >= 4 is 21.5 Å². The van der Waals surface area contributed by atoms with Crippen molar-refractivity contribution in [2.24, 2.45) is 0 Å². The maximum atomic E-state index is 13.0. The summed E-state index contributed by atoms with van der Waals surface area (Å²) in [7, 11) is -3.48. The van der Waals surface area contributed by atoms with Crippen molar-refractivity contribution in [2.45, 2.75) is 31.6 Å². The van der Waals surface area contributed by atoms with Crippen LogP contribution in [0.1, 0.15) is 24.0 Å². The summed E-state index contributed by atoms with van der Waals surface area (Å²) >= 11 is 0. The predicted octanol–water partition coefficient (Wildman–Crippen LogP) is 4.29. The fourth-order valence-corrected chi connectivity index (χ4v) is 5.21. The van der Waals surface area contributed by atoms with Gasteiger partial charge in [-0.25, -0.2) is 8.42 Å². The van der Waals surface area contributed by atoms with Gasteiger partial charge in [-0.15, -0.1) is 10.2 Å². The molecule has 0 amide bonds. The molecule has 7 heteroatoms. The molecule has 0 spiro atoms. The molecule has 1 fully saturated rings. The predicted molar refractivity (Wildman–Crippen MR) is 115 cm³/mol. The van der Waals surface area contributed by atoms with Gasteiger partial charge in [0.05, 0.1) is 10.6 Å². The molecule has 0 aliphatic carbocycles. The Hall–Kier alpha value is -2.77. The molecule has 2 heterocycles. The van der Waals surface area contributed by atoms with Gasteiger partial charge in [0.15, 0.2) is 5.82 Å². The van der Waals surface area contributed by atoms with Gasteiger partial charge in [0, 0.05) is 24.3 Å². The van der Waals surface area contributed by atoms with Gasteiger partial charge in [-0.3, -0.25) is 0 Å². The van der Waals surface area contributed by atoms with E-state index in [-0.39, 0.29) is 0 Å². The van der Waals surface area contributed by atoms with Crippen LogP contribution in [-0.4, -0.2) is 36.0 Å². The van der Waals surface area contributed by atoms with Crippen LogP contribution in [0.15, 0.2) is 59.5 Å². The number of benzene rings is 2. The molecular formula is C22H24N4O2S. The average molecular weight is 409 g/mol. The standard InChI is InChI=1S/C22H24N4O2S/c1-16-5-9-19(10-6-16)23-22-12-11-20(24-25-22)18-8-7-17(2)21(15-18)29(27,28)26-13-3-4-14-26/h5-12,15H,3-4,13-14H2,1-2H3,(H,23,25). The second kappa shape index (κ2) is 7.93. The van der Waals surface area contributed by atoms with E-state index >= 15 is 0 Å². The Bertz CT molecular complexity index is 1100. The normalized spacial score (nSPS) is 14.8. The van der Waals surface area contributed by atoms with E-state index in [0.29, 0.717) is 29.5 Å². The van der Waals surface area contributed by atoms with E-state index in [1.54, 1.807) is 10.4 Å². The summed E-state index contributed by atoms with van der Waals surface area (Å²) in [5.74, 6) is 0.634. The molecule has 150 valence electrons. The Morgan fingerprint density at radius 1 is 0.897 bits per heavy atom. The van der Waals surface area contributed by atoms with Crippen molar-refractivity contribution in [3.8, 4) is 11.3 Å². The zero-order chi connectivity index (χ0) is 20.4. The van der Waals surface area contributed by atoms with E-state index in [1.807, 2.05) is 62.4 Å². The number of aromatic nitrogens is 2. The summed E-state index contributed by atoms with van der Waals surface area (Å²) in [4.78, 5) is 0.348. The third kappa shape index (κ3) is 4.16. The lowest BCUT2D eigenvalue weighted by Gasteiger charge is -2.17. The molecule has 1 aliphatic heterocycles. The van der Waals surface area contributed by atoms with Crippen LogP contribution in [0.5, 0.6) is 0 Å². The topological polar surface area (TPSA) is 75.2 Å². The molecule has 3 aromatic rings. The van der Waals surface area contributed by atoms with Crippen molar-refractivity contribution in [3.05, 3.63) is 65.7 Å². The lowest BCUT2D eigenvalue weighted by molar-refractivity contribution is 0.477. The Morgan fingerprint density at radius 3 is 2.28 bits per heavy atom. The quantitative estimate of drug-likeness (QED) is 0.682. The van der Waals surface area contributed by atoms with Crippen LogP contribution >= 0.6 is 0 Å². The molecule has 1 aromatic heterocycles. The number of hydrogen-bond donors (Lipinski definition) is 1. The van der Waals surface area contributed by atoms with E-state index in [2.05, 4.69) is 15.5 Å². The number of nitrogens with one attached hydrogen (secondary N) is 1. The number of anilines is 2. The molecule has 1 saturated heterocycles. The fourth-order valence-electron chi connectivity index (χ4n) is 3.44. The first-order valence-electron chi connectivity index (χ1n) is 9.72. The van der Waals surface area contributed by atoms with Crippen molar-refractivity contribution in [2.75, 3.05) is 18.4 Å². The van der Waals surface area contributed by atoms with Crippen LogP contribution in [0.4, 0.5) is 11.5 Å². The summed E-state index contributed by atoms with van der Waals surface area (Å²) in [6.45, 7) is 5.04. The minimum Gasteiger partial charge on any atom is -0.339 e. The molecule has 0 radical (unpaired) electrons. The monoisotopic (exact) mass is 408 g/mol. The molecule has 2 aromatic carbocycles. The Kier molecular flexibility index (Phi) is 5.34. The SMILES string of the molecule is Cc1ccc(Nc2ccc(-c3ccc(C)c(S(=O)(=O)N4CCCC4)c3)nn2)cc1. The van der Waals surface area contributed by atoms with E-state index < -0.39 is 10.0 Å². The lowest BCUT2D eigenvalue weighted by Crippen LogP contribution is -2.28. The molecule has 0 bridgehead atoms. The molecule has 6 nitrogen and oxygen atoms in total. The van der Waals surface area contributed by atoms with Gasteiger partial charge in [0.1, 0.15) is 0 Å². The molecule has 1 N–H and O–H groups in total. The van der Waals surface area contributed by atoms with Gasteiger partial charge in [0.2, 0.25) is 10.0 Å². The molecule has 0 atom stereocenters.